The van der Waals surface area contributed by atoms with Gasteiger partial charge in [-0.05, 0) is 38.0 Å². The van der Waals surface area contributed by atoms with Gasteiger partial charge in [0, 0.05) is 13.0 Å². The van der Waals surface area contributed by atoms with Crippen molar-refractivity contribution in [3.05, 3.63) is 71.3 Å². The molecular formula is C24H26N2O5. The highest BCUT2D eigenvalue weighted by Gasteiger charge is 2.34. The Balaban J connectivity index is 1.56. The van der Waals surface area contributed by atoms with Gasteiger partial charge in [-0.25, -0.2) is 0 Å². The summed E-state index contributed by atoms with van der Waals surface area (Å²) in [6.07, 6.45) is 0.233. The van der Waals surface area contributed by atoms with Crippen LogP contribution in [0.4, 0.5) is 0 Å². The molecular weight excluding hydrogens is 396 g/mol. The molecule has 1 aliphatic heterocycles. The quantitative estimate of drug-likeness (QED) is 0.495. The van der Waals surface area contributed by atoms with Crippen molar-refractivity contribution >= 4 is 23.7 Å². The number of benzene rings is 2. The molecule has 1 aliphatic rings. The van der Waals surface area contributed by atoms with E-state index in [1.54, 1.807) is 38.1 Å². The molecule has 3 amide bonds. The normalized spacial score (nSPS) is 13.8. The largest absolute Gasteiger partial charge is 0.463 e. The molecule has 0 aliphatic carbocycles. The van der Waals surface area contributed by atoms with Crippen molar-refractivity contribution in [2.45, 2.75) is 45.3 Å². The summed E-state index contributed by atoms with van der Waals surface area (Å²) in [7, 11) is 0. The minimum atomic E-state index is -0.515. The maximum absolute atomic E-state index is 12.5. The number of hydrogen-bond donors (Lipinski definition) is 1. The first kappa shape index (κ1) is 22.2. The molecule has 0 spiro atoms. The first-order chi connectivity index (χ1) is 14.9. The molecule has 1 unspecified atom stereocenters. The van der Waals surface area contributed by atoms with Crippen LogP contribution in [0.1, 0.15) is 65.4 Å². The van der Waals surface area contributed by atoms with E-state index in [4.69, 9.17) is 4.74 Å². The number of imide groups is 1. The van der Waals surface area contributed by atoms with E-state index in [1.807, 2.05) is 30.3 Å². The number of nitrogens with zero attached hydrogens (tertiary/aromatic N) is 1. The van der Waals surface area contributed by atoms with Crippen molar-refractivity contribution < 1.29 is 23.9 Å². The summed E-state index contributed by atoms with van der Waals surface area (Å²) in [5, 5.41) is 2.87. The van der Waals surface area contributed by atoms with Gasteiger partial charge < -0.3 is 10.1 Å². The lowest BCUT2D eigenvalue weighted by molar-refractivity contribution is -0.148. The fraction of sp³-hybridized carbons (Fsp3) is 0.333. The molecule has 0 radical (unpaired) electrons. The maximum atomic E-state index is 12.5. The summed E-state index contributed by atoms with van der Waals surface area (Å²) in [5.74, 6) is -1.32. The van der Waals surface area contributed by atoms with Crippen molar-refractivity contribution in [1.29, 1.82) is 0 Å². The molecule has 1 atom stereocenters. The van der Waals surface area contributed by atoms with Gasteiger partial charge in [0.2, 0.25) is 5.91 Å². The number of nitrogens with one attached hydrogen (secondary N) is 1. The number of amides is 3. The van der Waals surface area contributed by atoms with Gasteiger partial charge in [-0.15, -0.1) is 0 Å². The fourth-order valence-electron chi connectivity index (χ4n) is 3.52. The molecule has 1 heterocycles. The summed E-state index contributed by atoms with van der Waals surface area (Å²) in [5.41, 5.74) is 1.59. The summed E-state index contributed by atoms with van der Waals surface area (Å²) in [6, 6.07) is 15.4. The number of fused-ring (bicyclic) bond motifs is 1. The van der Waals surface area contributed by atoms with Gasteiger partial charge in [-0.1, -0.05) is 42.5 Å². The van der Waals surface area contributed by atoms with Crippen molar-refractivity contribution in [3.63, 3.8) is 0 Å². The summed E-state index contributed by atoms with van der Waals surface area (Å²) < 4.78 is 5.21. The standard InChI is InChI=1S/C24H26N2O5/c1-16(2)31-22(28)15-20(17-9-4-3-5-10-17)25-21(27)13-8-14-26-23(29)18-11-6-7-12-19(18)24(26)30/h3-7,9-12,16,20H,8,13-15H2,1-2H3,(H,25,27). The Labute approximate surface area is 181 Å². The molecule has 2 aromatic rings. The predicted octanol–water partition coefficient (Wildman–Crippen LogP) is 3.26. The van der Waals surface area contributed by atoms with E-state index >= 15 is 0 Å². The topological polar surface area (TPSA) is 92.8 Å². The highest BCUT2D eigenvalue weighted by molar-refractivity contribution is 6.21. The monoisotopic (exact) mass is 422 g/mol. The fourth-order valence-corrected chi connectivity index (χ4v) is 3.52. The zero-order chi connectivity index (χ0) is 22.4. The molecule has 7 heteroatoms. The second kappa shape index (κ2) is 10.0. The van der Waals surface area contributed by atoms with Crippen LogP contribution in [0.5, 0.6) is 0 Å². The molecule has 2 aromatic carbocycles. The second-order valence-electron chi connectivity index (χ2n) is 7.68. The van der Waals surface area contributed by atoms with Crippen molar-refractivity contribution in [2.75, 3.05) is 6.54 Å². The first-order valence-electron chi connectivity index (χ1n) is 10.4. The van der Waals surface area contributed by atoms with Gasteiger partial charge in [0.05, 0.1) is 29.7 Å². The van der Waals surface area contributed by atoms with Gasteiger partial charge in [0.1, 0.15) is 0 Å². The Morgan fingerprint density at radius 3 is 2.10 bits per heavy atom. The highest BCUT2D eigenvalue weighted by atomic mass is 16.5. The van der Waals surface area contributed by atoms with Gasteiger partial charge >= 0.3 is 5.97 Å². The smallest absolute Gasteiger partial charge is 0.308 e. The van der Waals surface area contributed by atoms with Crippen LogP contribution >= 0.6 is 0 Å². The minimum Gasteiger partial charge on any atom is -0.463 e. The van der Waals surface area contributed by atoms with Gasteiger partial charge in [-0.3, -0.25) is 24.1 Å². The molecule has 0 bridgehead atoms. The van der Waals surface area contributed by atoms with E-state index in [1.165, 1.54) is 4.90 Å². The van der Waals surface area contributed by atoms with Crippen LogP contribution in [0.2, 0.25) is 0 Å². The predicted molar refractivity (Wildman–Crippen MR) is 114 cm³/mol. The Hall–Kier alpha value is -3.48. The van der Waals surface area contributed by atoms with Crippen LogP contribution < -0.4 is 5.32 Å². The molecule has 7 nitrogen and oxygen atoms in total. The summed E-state index contributed by atoms with van der Waals surface area (Å²) in [4.78, 5) is 50.7. The van der Waals surface area contributed by atoms with Crippen molar-refractivity contribution in [1.82, 2.24) is 10.2 Å². The Bertz CT molecular complexity index is 936. The number of ether oxygens (including phenoxy) is 1. The third-order valence-electron chi connectivity index (χ3n) is 4.94. The Morgan fingerprint density at radius 1 is 0.935 bits per heavy atom. The summed E-state index contributed by atoms with van der Waals surface area (Å²) in [6.45, 7) is 3.70. The Morgan fingerprint density at radius 2 is 1.52 bits per heavy atom. The minimum absolute atomic E-state index is 0.0202. The number of carbonyl (C=O) groups is 4. The second-order valence-corrected chi connectivity index (χ2v) is 7.68. The number of rotatable bonds is 9. The van der Waals surface area contributed by atoms with Gasteiger partial charge in [-0.2, -0.15) is 0 Å². The lowest BCUT2D eigenvalue weighted by Crippen LogP contribution is -2.33. The third-order valence-corrected chi connectivity index (χ3v) is 4.94. The van der Waals surface area contributed by atoms with Crippen LogP contribution in [0.15, 0.2) is 54.6 Å². The molecule has 162 valence electrons. The van der Waals surface area contributed by atoms with E-state index in [2.05, 4.69) is 5.32 Å². The SMILES string of the molecule is CC(C)OC(=O)CC(NC(=O)CCCN1C(=O)c2ccccc2C1=O)c1ccccc1. The Kier molecular flexibility index (Phi) is 7.18. The molecule has 31 heavy (non-hydrogen) atoms. The van der Waals surface area contributed by atoms with Crippen molar-refractivity contribution in [3.8, 4) is 0 Å². The maximum Gasteiger partial charge on any atom is 0.308 e. The van der Waals surface area contributed by atoms with E-state index in [0.29, 0.717) is 17.5 Å². The van der Waals surface area contributed by atoms with Gasteiger partial charge in [0.15, 0.2) is 0 Å². The third kappa shape index (κ3) is 5.57. The van der Waals surface area contributed by atoms with E-state index in [0.717, 1.165) is 5.56 Å². The molecule has 0 saturated carbocycles. The number of esters is 1. The molecule has 1 N–H and O–H groups in total. The van der Waals surface area contributed by atoms with Crippen molar-refractivity contribution in [2.24, 2.45) is 0 Å². The van der Waals surface area contributed by atoms with Crippen LogP contribution in [-0.4, -0.2) is 41.2 Å². The first-order valence-corrected chi connectivity index (χ1v) is 10.4. The summed E-state index contributed by atoms with van der Waals surface area (Å²) >= 11 is 0. The van der Waals surface area contributed by atoms with E-state index in [-0.39, 0.29) is 43.2 Å². The average molecular weight is 422 g/mol. The lowest BCUT2D eigenvalue weighted by atomic mass is 10.0. The lowest BCUT2D eigenvalue weighted by Gasteiger charge is -2.20. The molecule has 0 aromatic heterocycles. The van der Waals surface area contributed by atoms with Crippen LogP contribution in [0.3, 0.4) is 0 Å². The van der Waals surface area contributed by atoms with Gasteiger partial charge in [0.25, 0.3) is 11.8 Å². The number of carbonyl (C=O) groups excluding carboxylic acids is 4. The van der Waals surface area contributed by atoms with E-state index in [9.17, 15) is 19.2 Å². The zero-order valence-electron chi connectivity index (χ0n) is 17.7. The zero-order valence-corrected chi connectivity index (χ0v) is 17.7. The van der Waals surface area contributed by atoms with E-state index < -0.39 is 12.0 Å². The van der Waals surface area contributed by atoms with Crippen LogP contribution in [0, 0.1) is 0 Å². The molecule has 3 rings (SSSR count). The molecule has 0 fully saturated rings. The molecule has 0 saturated heterocycles. The average Bonchev–Trinajstić information content (AvgIpc) is 2.98. The van der Waals surface area contributed by atoms with Crippen LogP contribution in [-0.2, 0) is 14.3 Å². The highest BCUT2D eigenvalue weighted by Crippen LogP contribution is 2.23. The number of hydrogen-bond acceptors (Lipinski definition) is 5. The van der Waals surface area contributed by atoms with Crippen LogP contribution in [0.25, 0.3) is 0 Å².